The SMILES string of the molecule is COc1cc(OC)c(OC)cc1C=Nn1c(-c2ccc(F)cc2)n[nH]c1=S. The molecule has 0 fully saturated rings. The number of halogens is 1. The maximum atomic E-state index is 13.2. The van der Waals surface area contributed by atoms with Crippen LogP contribution in [0.25, 0.3) is 11.4 Å². The van der Waals surface area contributed by atoms with Crippen molar-refractivity contribution in [3.05, 3.63) is 52.5 Å². The third kappa shape index (κ3) is 3.82. The van der Waals surface area contributed by atoms with Crippen LogP contribution in [-0.2, 0) is 0 Å². The molecule has 0 atom stereocenters. The van der Waals surface area contributed by atoms with Crippen molar-refractivity contribution in [3.63, 3.8) is 0 Å². The molecule has 0 radical (unpaired) electrons. The van der Waals surface area contributed by atoms with E-state index >= 15 is 0 Å². The number of methoxy groups -OCH3 is 3. The van der Waals surface area contributed by atoms with Crippen LogP contribution in [0.1, 0.15) is 5.56 Å². The summed E-state index contributed by atoms with van der Waals surface area (Å²) in [6.07, 6.45) is 1.57. The number of H-pyrrole nitrogens is 1. The average Bonchev–Trinajstić information content (AvgIpc) is 3.06. The van der Waals surface area contributed by atoms with Gasteiger partial charge in [-0.3, -0.25) is 0 Å². The molecular weight excluding hydrogens is 371 g/mol. The maximum absolute atomic E-state index is 13.2. The second-order valence-corrected chi connectivity index (χ2v) is 5.75. The van der Waals surface area contributed by atoms with Crippen molar-refractivity contribution in [2.45, 2.75) is 0 Å². The summed E-state index contributed by atoms with van der Waals surface area (Å²) in [7, 11) is 4.64. The van der Waals surface area contributed by atoms with Gasteiger partial charge >= 0.3 is 0 Å². The number of benzene rings is 2. The molecule has 9 heteroatoms. The van der Waals surface area contributed by atoms with Crippen LogP contribution in [0.5, 0.6) is 17.2 Å². The highest BCUT2D eigenvalue weighted by Gasteiger charge is 2.12. The van der Waals surface area contributed by atoms with Gasteiger partial charge in [-0.25, -0.2) is 9.49 Å². The van der Waals surface area contributed by atoms with Crippen LogP contribution < -0.4 is 14.2 Å². The van der Waals surface area contributed by atoms with Crippen molar-refractivity contribution < 1.29 is 18.6 Å². The first kappa shape index (κ1) is 18.6. The molecule has 2 aromatic carbocycles. The van der Waals surface area contributed by atoms with Crippen molar-refractivity contribution in [2.75, 3.05) is 21.3 Å². The molecule has 3 aromatic rings. The Balaban J connectivity index is 2.03. The molecule has 0 bridgehead atoms. The molecule has 0 saturated heterocycles. The third-order valence-electron chi connectivity index (χ3n) is 3.80. The molecule has 0 aliphatic carbocycles. The van der Waals surface area contributed by atoms with Crippen molar-refractivity contribution in [2.24, 2.45) is 5.10 Å². The summed E-state index contributed by atoms with van der Waals surface area (Å²) >= 11 is 5.24. The highest BCUT2D eigenvalue weighted by Crippen LogP contribution is 2.33. The Kier molecular flexibility index (Phi) is 5.51. The number of rotatable bonds is 6. The number of hydrogen-bond acceptors (Lipinski definition) is 6. The smallest absolute Gasteiger partial charge is 0.216 e. The molecule has 1 N–H and O–H groups in total. The van der Waals surface area contributed by atoms with Crippen molar-refractivity contribution in [1.82, 2.24) is 14.9 Å². The maximum Gasteiger partial charge on any atom is 0.216 e. The highest BCUT2D eigenvalue weighted by molar-refractivity contribution is 7.71. The van der Waals surface area contributed by atoms with E-state index in [-0.39, 0.29) is 5.82 Å². The van der Waals surface area contributed by atoms with Gasteiger partial charge in [-0.2, -0.15) is 14.9 Å². The minimum Gasteiger partial charge on any atom is -0.496 e. The molecule has 0 aliphatic rings. The van der Waals surface area contributed by atoms with Crippen LogP contribution in [0.3, 0.4) is 0 Å². The van der Waals surface area contributed by atoms with Crippen LogP contribution in [0.4, 0.5) is 4.39 Å². The molecule has 0 spiro atoms. The van der Waals surface area contributed by atoms with Gasteiger partial charge in [0, 0.05) is 17.2 Å². The second-order valence-electron chi connectivity index (χ2n) is 5.36. The molecule has 0 saturated carbocycles. The standard InChI is InChI=1S/C18H17FN4O3S/c1-24-14-9-16(26-3)15(25-2)8-12(14)10-20-23-17(21-22-18(23)27)11-4-6-13(19)7-5-11/h4-10H,1-3H3,(H,22,27). The Morgan fingerprint density at radius 1 is 1.04 bits per heavy atom. The summed E-state index contributed by atoms with van der Waals surface area (Å²) in [5.41, 5.74) is 1.32. The van der Waals surface area contributed by atoms with Gasteiger partial charge in [-0.1, -0.05) is 0 Å². The van der Waals surface area contributed by atoms with Gasteiger partial charge in [-0.15, -0.1) is 0 Å². The molecule has 0 amide bonds. The first-order valence-corrected chi connectivity index (χ1v) is 8.26. The van der Waals surface area contributed by atoms with Crippen molar-refractivity contribution >= 4 is 18.4 Å². The predicted octanol–water partition coefficient (Wildman–Crippen LogP) is 3.65. The fraction of sp³-hybridized carbons (Fsp3) is 0.167. The second kappa shape index (κ2) is 8.00. The van der Waals surface area contributed by atoms with E-state index in [2.05, 4.69) is 15.3 Å². The molecular formula is C18H17FN4O3S. The van der Waals surface area contributed by atoms with Gasteiger partial charge in [0.05, 0.1) is 27.5 Å². The molecule has 7 nitrogen and oxygen atoms in total. The average molecular weight is 388 g/mol. The van der Waals surface area contributed by atoms with E-state index in [1.165, 1.54) is 16.8 Å². The topological polar surface area (TPSA) is 73.7 Å². The zero-order valence-corrected chi connectivity index (χ0v) is 15.7. The van der Waals surface area contributed by atoms with Crippen LogP contribution in [-0.4, -0.2) is 42.4 Å². The Hall–Kier alpha value is -3.20. The minimum atomic E-state index is -0.335. The van der Waals surface area contributed by atoms with E-state index < -0.39 is 0 Å². The number of aromatic nitrogens is 3. The highest BCUT2D eigenvalue weighted by atomic mass is 32.1. The summed E-state index contributed by atoms with van der Waals surface area (Å²) in [4.78, 5) is 0. The molecule has 0 unspecified atom stereocenters. The van der Waals surface area contributed by atoms with E-state index in [9.17, 15) is 4.39 Å². The summed E-state index contributed by atoms with van der Waals surface area (Å²) in [6.45, 7) is 0. The zero-order valence-electron chi connectivity index (χ0n) is 14.9. The predicted molar refractivity (Wildman–Crippen MR) is 102 cm³/mol. The van der Waals surface area contributed by atoms with Gasteiger partial charge < -0.3 is 14.2 Å². The lowest BCUT2D eigenvalue weighted by atomic mass is 10.2. The Morgan fingerprint density at radius 3 is 2.30 bits per heavy atom. The Bertz CT molecular complexity index is 1030. The molecule has 3 rings (SSSR count). The third-order valence-corrected chi connectivity index (χ3v) is 4.07. The van der Waals surface area contributed by atoms with Crippen LogP contribution in [0.2, 0.25) is 0 Å². The summed E-state index contributed by atoms with van der Waals surface area (Å²) in [5.74, 6) is 1.75. The first-order valence-electron chi connectivity index (χ1n) is 7.85. The fourth-order valence-electron chi connectivity index (χ4n) is 2.46. The van der Waals surface area contributed by atoms with E-state index in [1.54, 1.807) is 51.8 Å². The largest absolute Gasteiger partial charge is 0.496 e. The summed E-state index contributed by atoms with van der Waals surface area (Å²) in [6, 6.07) is 9.34. The van der Waals surface area contributed by atoms with Crippen LogP contribution in [0, 0.1) is 10.6 Å². The zero-order chi connectivity index (χ0) is 19.4. The Labute approximate surface area is 160 Å². The number of aromatic amines is 1. The lowest BCUT2D eigenvalue weighted by molar-refractivity contribution is 0.349. The van der Waals surface area contributed by atoms with Gasteiger partial charge in [-0.05, 0) is 42.5 Å². The number of ether oxygens (including phenoxy) is 3. The van der Waals surface area contributed by atoms with E-state index in [4.69, 9.17) is 26.4 Å². The van der Waals surface area contributed by atoms with E-state index in [0.29, 0.717) is 39.0 Å². The van der Waals surface area contributed by atoms with Crippen molar-refractivity contribution in [1.29, 1.82) is 0 Å². The first-order chi connectivity index (χ1) is 13.1. The molecule has 140 valence electrons. The van der Waals surface area contributed by atoms with Gasteiger partial charge in [0.2, 0.25) is 4.77 Å². The fourth-order valence-corrected chi connectivity index (χ4v) is 2.64. The van der Waals surface area contributed by atoms with E-state index in [0.717, 1.165) is 0 Å². The number of hydrogen-bond donors (Lipinski definition) is 1. The quantitative estimate of drug-likeness (QED) is 0.515. The van der Waals surface area contributed by atoms with E-state index in [1.807, 2.05) is 0 Å². The molecule has 1 aromatic heterocycles. The van der Waals surface area contributed by atoms with Crippen LogP contribution >= 0.6 is 12.2 Å². The summed E-state index contributed by atoms with van der Waals surface area (Å²) in [5, 5.41) is 11.3. The lowest BCUT2D eigenvalue weighted by Gasteiger charge is -2.11. The van der Waals surface area contributed by atoms with Gasteiger partial charge in [0.1, 0.15) is 11.6 Å². The Morgan fingerprint density at radius 2 is 1.67 bits per heavy atom. The van der Waals surface area contributed by atoms with Crippen molar-refractivity contribution in [3.8, 4) is 28.6 Å². The van der Waals surface area contributed by atoms with Gasteiger partial charge in [0.25, 0.3) is 0 Å². The number of nitrogens with one attached hydrogen (secondary N) is 1. The van der Waals surface area contributed by atoms with Gasteiger partial charge in [0.15, 0.2) is 17.3 Å². The minimum absolute atomic E-state index is 0.296. The molecule has 27 heavy (non-hydrogen) atoms. The summed E-state index contributed by atoms with van der Waals surface area (Å²) < 4.78 is 30.9. The molecule has 1 heterocycles. The lowest BCUT2D eigenvalue weighted by Crippen LogP contribution is -1.99. The number of nitrogens with zero attached hydrogens (tertiary/aromatic N) is 3. The normalized spacial score (nSPS) is 11.0. The van der Waals surface area contributed by atoms with Crippen LogP contribution in [0.15, 0.2) is 41.5 Å². The monoisotopic (exact) mass is 388 g/mol. The molecule has 0 aliphatic heterocycles.